The molecular weight excluding hydrogens is 263 g/mol. The van der Waals surface area contributed by atoms with Crippen molar-refractivity contribution >= 4 is 16.9 Å². The third kappa shape index (κ3) is 1.88. The van der Waals surface area contributed by atoms with E-state index in [1.807, 2.05) is 0 Å². The van der Waals surface area contributed by atoms with Gasteiger partial charge in [0.25, 0.3) is 0 Å². The molecule has 1 aromatic carbocycles. The van der Waals surface area contributed by atoms with Crippen molar-refractivity contribution in [2.75, 3.05) is 5.73 Å². The minimum atomic E-state index is -4.41. The van der Waals surface area contributed by atoms with Crippen molar-refractivity contribution in [3.63, 3.8) is 0 Å². The summed E-state index contributed by atoms with van der Waals surface area (Å²) < 4.78 is 42.1. The van der Waals surface area contributed by atoms with Gasteiger partial charge in [-0.1, -0.05) is 0 Å². The third-order valence-corrected chi connectivity index (χ3v) is 2.55. The van der Waals surface area contributed by atoms with E-state index in [1.54, 1.807) is 0 Å². The van der Waals surface area contributed by atoms with Crippen molar-refractivity contribution in [1.29, 1.82) is 0 Å². The van der Waals surface area contributed by atoms with Crippen LogP contribution in [0.4, 0.5) is 19.0 Å². The van der Waals surface area contributed by atoms with Gasteiger partial charge in [0, 0.05) is 0 Å². The lowest BCUT2D eigenvalue weighted by molar-refractivity contribution is -0.137. The third-order valence-electron chi connectivity index (χ3n) is 2.55. The number of alkyl halides is 3. The van der Waals surface area contributed by atoms with Crippen LogP contribution in [0.3, 0.4) is 0 Å². The van der Waals surface area contributed by atoms with Crippen molar-refractivity contribution in [3.05, 3.63) is 23.8 Å². The summed E-state index contributed by atoms with van der Waals surface area (Å²) in [5.41, 5.74) is 5.46. The molecule has 0 atom stereocenters. The number of anilines is 1. The molecule has 0 unspecified atom stereocenters. The number of nitrogens with one attached hydrogen (secondary N) is 1. The highest BCUT2D eigenvalue weighted by atomic mass is 19.4. The molecule has 0 aliphatic heterocycles. The largest absolute Gasteiger partial charge is 0.416 e. The van der Waals surface area contributed by atoms with E-state index < -0.39 is 11.7 Å². The van der Waals surface area contributed by atoms with Crippen molar-refractivity contribution in [3.8, 4) is 11.5 Å². The lowest BCUT2D eigenvalue weighted by Crippen LogP contribution is -2.04. The van der Waals surface area contributed by atoms with Crippen molar-refractivity contribution in [2.24, 2.45) is 0 Å². The van der Waals surface area contributed by atoms with E-state index in [-0.39, 0.29) is 22.9 Å². The fraction of sp³-hybridized carbons (Fsp3) is 0.100. The zero-order valence-corrected chi connectivity index (χ0v) is 9.19. The molecule has 2 heterocycles. The van der Waals surface area contributed by atoms with Crippen molar-refractivity contribution < 1.29 is 17.8 Å². The Kier molecular flexibility index (Phi) is 2.24. The molecule has 98 valence electrons. The average molecular weight is 269 g/mol. The lowest BCUT2D eigenvalue weighted by Gasteiger charge is -2.04. The van der Waals surface area contributed by atoms with Gasteiger partial charge in [-0.25, -0.2) is 9.61 Å². The van der Waals surface area contributed by atoms with E-state index >= 15 is 0 Å². The minimum Gasteiger partial charge on any atom is -0.379 e. The second kappa shape index (κ2) is 3.70. The predicted octanol–water partition coefficient (Wildman–Crippen LogP) is 2.21. The number of hydrogen-bond donors (Lipinski definition) is 2. The fourth-order valence-corrected chi connectivity index (χ4v) is 1.65. The SMILES string of the molecule is Nc1nonc1-c1nc2cc(C(F)(F)F)ccc2[nH]1. The monoisotopic (exact) mass is 269 g/mol. The topological polar surface area (TPSA) is 93.6 Å². The summed E-state index contributed by atoms with van der Waals surface area (Å²) in [6, 6.07) is 3.20. The molecule has 0 amide bonds. The molecular formula is C10H6F3N5O. The summed E-state index contributed by atoms with van der Waals surface area (Å²) >= 11 is 0. The molecule has 0 bridgehead atoms. The first kappa shape index (κ1) is 11.5. The summed E-state index contributed by atoms with van der Waals surface area (Å²) in [4.78, 5) is 6.79. The van der Waals surface area contributed by atoms with E-state index in [1.165, 1.54) is 6.07 Å². The number of nitrogen functional groups attached to an aromatic ring is 1. The maximum Gasteiger partial charge on any atom is 0.416 e. The molecule has 2 aromatic heterocycles. The van der Waals surface area contributed by atoms with E-state index in [4.69, 9.17) is 5.73 Å². The van der Waals surface area contributed by atoms with Gasteiger partial charge in [0.15, 0.2) is 17.3 Å². The van der Waals surface area contributed by atoms with Crippen LogP contribution in [-0.4, -0.2) is 20.3 Å². The molecule has 0 saturated heterocycles. The highest BCUT2D eigenvalue weighted by molar-refractivity contribution is 5.80. The quantitative estimate of drug-likeness (QED) is 0.706. The first-order valence-corrected chi connectivity index (χ1v) is 5.10. The molecule has 0 spiro atoms. The number of aromatic nitrogens is 4. The molecule has 19 heavy (non-hydrogen) atoms. The molecule has 6 nitrogen and oxygen atoms in total. The van der Waals surface area contributed by atoms with Crippen molar-refractivity contribution in [1.82, 2.24) is 20.3 Å². The highest BCUT2D eigenvalue weighted by Crippen LogP contribution is 2.31. The Morgan fingerprint density at radius 1 is 1.21 bits per heavy atom. The van der Waals surface area contributed by atoms with Gasteiger partial charge in [0.05, 0.1) is 16.6 Å². The molecule has 0 aliphatic carbocycles. The molecule has 0 aliphatic rings. The standard InChI is InChI=1S/C10H6F3N5O/c11-10(12,13)4-1-2-5-6(3-4)16-9(15-5)7-8(14)18-19-17-7/h1-3H,(H2,14,18)(H,15,16). The molecule has 3 N–H and O–H groups in total. The number of hydrogen-bond acceptors (Lipinski definition) is 5. The van der Waals surface area contributed by atoms with Gasteiger partial charge >= 0.3 is 6.18 Å². The van der Waals surface area contributed by atoms with Gasteiger partial charge in [-0.3, -0.25) is 0 Å². The zero-order chi connectivity index (χ0) is 13.6. The van der Waals surface area contributed by atoms with Gasteiger partial charge in [0.2, 0.25) is 0 Å². The number of H-pyrrole nitrogens is 1. The number of rotatable bonds is 1. The van der Waals surface area contributed by atoms with Crippen LogP contribution in [0, 0.1) is 0 Å². The first-order valence-electron chi connectivity index (χ1n) is 5.10. The van der Waals surface area contributed by atoms with Crippen LogP contribution in [0.5, 0.6) is 0 Å². The predicted molar refractivity (Wildman–Crippen MR) is 58.8 cm³/mol. The Morgan fingerprint density at radius 2 is 2.00 bits per heavy atom. The summed E-state index contributed by atoms with van der Waals surface area (Å²) in [5.74, 6) is 0.211. The molecule has 9 heteroatoms. The molecule has 0 radical (unpaired) electrons. The summed E-state index contributed by atoms with van der Waals surface area (Å²) in [7, 11) is 0. The molecule has 3 rings (SSSR count). The fourth-order valence-electron chi connectivity index (χ4n) is 1.65. The Bertz CT molecular complexity index is 745. The van der Waals surface area contributed by atoms with Gasteiger partial charge in [-0.15, -0.1) is 0 Å². The Morgan fingerprint density at radius 3 is 2.63 bits per heavy atom. The molecule has 0 saturated carbocycles. The summed E-state index contributed by atoms with van der Waals surface area (Å²) in [6.07, 6.45) is -4.41. The van der Waals surface area contributed by atoms with Crippen LogP contribution in [-0.2, 0) is 6.18 Å². The van der Waals surface area contributed by atoms with Crippen LogP contribution in [0.2, 0.25) is 0 Å². The van der Waals surface area contributed by atoms with E-state index in [0.29, 0.717) is 5.52 Å². The number of fused-ring (bicyclic) bond motifs is 1. The second-order valence-corrected chi connectivity index (χ2v) is 3.81. The first-order chi connectivity index (χ1) is 8.95. The smallest absolute Gasteiger partial charge is 0.379 e. The van der Waals surface area contributed by atoms with Crippen LogP contribution >= 0.6 is 0 Å². The average Bonchev–Trinajstić information content (AvgIpc) is 2.91. The van der Waals surface area contributed by atoms with Crippen LogP contribution in [0.1, 0.15) is 5.56 Å². The maximum atomic E-state index is 12.6. The van der Waals surface area contributed by atoms with E-state index in [9.17, 15) is 13.2 Å². The maximum absolute atomic E-state index is 12.6. The number of nitrogens with two attached hydrogens (primary N) is 1. The Hall–Kier alpha value is -2.58. The minimum absolute atomic E-state index is 0.00935. The van der Waals surface area contributed by atoms with Gasteiger partial charge in [0.1, 0.15) is 0 Å². The zero-order valence-electron chi connectivity index (χ0n) is 9.19. The lowest BCUT2D eigenvalue weighted by atomic mass is 10.2. The van der Waals surface area contributed by atoms with Gasteiger partial charge < -0.3 is 10.7 Å². The van der Waals surface area contributed by atoms with Gasteiger partial charge in [-0.2, -0.15) is 13.2 Å². The number of nitrogens with zero attached hydrogens (tertiary/aromatic N) is 3. The van der Waals surface area contributed by atoms with E-state index in [0.717, 1.165) is 12.1 Å². The second-order valence-electron chi connectivity index (χ2n) is 3.81. The number of halogens is 3. The number of aromatic amines is 1. The number of benzene rings is 1. The number of imidazole rings is 1. The summed E-state index contributed by atoms with van der Waals surface area (Å²) in [5, 5.41) is 6.90. The summed E-state index contributed by atoms with van der Waals surface area (Å²) in [6.45, 7) is 0. The van der Waals surface area contributed by atoms with Crippen LogP contribution in [0.15, 0.2) is 22.8 Å². The van der Waals surface area contributed by atoms with Crippen LogP contribution < -0.4 is 5.73 Å². The van der Waals surface area contributed by atoms with E-state index in [2.05, 4.69) is 24.9 Å². The Labute approximate surface area is 103 Å². The molecule has 0 fully saturated rings. The highest BCUT2D eigenvalue weighted by Gasteiger charge is 2.30. The van der Waals surface area contributed by atoms with Crippen molar-refractivity contribution in [2.45, 2.75) is 6.18 Å². The van der Waals surface area contributed by atoms with Crippen LogP contribution in [0.25, 0.3) is 22.6 Å². The van der Waals surface area contributed by atoms with Gasteiger partial charge in [-0.05, 0) is 28.5 Å². The normalized spacial score (nSPS) is 12.2. The molecule has 3 aromatic rings. The Balaban J connectivity index is 2.14.